The second-order valence-corrected chi connectivity index (χ2v) is 7.79. The molecule has 0 aliphatic carbocycles. The zero-order valence-corrected chi connectivity index (χ0v) is 14.8. The summed E-state index contributed by atoms with van der Waals surface area (Å²) in [6.07, 6.45) is 3.62. The molecule has 2 aromatic carbocycles. The van der Waals surface area contributed by atoms with E-state index >= 15 is 0 Å². The lowest BCUT2D eigenvalue weighted by Crippen LogP contribution is -2.31. The van der Waals surface area contributed by atoms with E-state index in [0.717, 1.165) is 5.33 Å². The molecule has 0 bridgehead atoms. The minimum Gasteiger partial charge on any atom is -0.122 e. The van der Waals surface area contributed by atoms with Crippen molar-refractivity contribution in [1.29, 1.82) is 0 Å². The van der Waals surface area contributed by atoms with E-state index in [2.05, 4.69) is 89.2 Å². The Morgan fingerprint density at radius 2 is 1.81 bits per heavy atom. The summed E-state index contributed by atoms with van der Waals surface area (Å²) in [6, 6.07) is 19.9. The van der Waals surface area contributed by atoms with Crippen molar-refractivity contribution in [2.45, 2.75) is 41.7 Å². The molecular formula is C19H21BrS. The largest absolute Gasteiger partial charge is 0.122 e. The van der Waals surface area contributed by atoms with E-state index in [1.54, 1.807) is 0 Å². The lowest BCUT2D eigenvalue weighted by molar-refractivity contribution is 0.424. The van der Waals surface area contributed by atoms with Crippen molar-refractivity contribution in [1.82, 2.24) is 0 Å². The molecule has 0 spiro atoms. The molecule has 0 saturated carbocycles. The lowest BCUT2D eigenvalue weighted by Gasteiger charge is -2.34. The van der Waals surface area contributed by atoms with Crippen LogP contribution in [0.4, 0.5) is 0 Å². The molecule has 2 heteroatoms. The number of benzene rings is 2. The highest BCUT2D eigenvalue weighted by Crippen LogP contribution is 2.44. The average molecular weight is 361 g/mol. The molecule has 0 aromatic heterocycles. The van der Waals surface area contributed by atoms with Gasteiger partial charge in [-0.25, -0.2) is 0 Å². The zero-order valence-electron chi connectivity index (χ0n) is 12.4. The fraction of sp³-hybridized carbons (Fsp3) is 0.368. The van der Waals surface area contributed by atoms with Gasteiger partial charge in [-0.15, -0.1) is 11.8 Å². The second kappa shape index (κ2) is 6.58. The van der Waals surface area contributed by atoms with Crippen LogP contribution in [0.3, 0.4) is 0 Å². The molecule has 1 heterocycles. The van der Waals surface area contributed by atoms with Gasteiger partial charge in [0.25, 0.3) is 0 Å². The maximum Gasteiger partial charge on any atom is 0.0144 e. The van der Waals surface area contributed by atoms with Crippen LogP contribution in [-0.2, 0) is 11.8 Å². The van der Waals surface area contributed by atoms with Crippen LogP contribution in [0, 0.1) is 0 Å². The standard InChI is InChI=1S/C19H21BrS/c1-2-19(14-20,16-9-4-3-5-10-16)13-17-12-15-8-6-7-11-18(15)21-17/h3-11,17H,2,12-14H2,1H3. The Bertz CT molecular complexity index is 565. The molecule has 1 aliphatic heterocycles. The Balaban J connectivity index is 1.82. The van der Waals surface area contributed by atoms with Crippen LogP contribution in [0.25, 0.3) is 0 Å². The SMILES string of the molecule is CCC(CBr)(CC1Cc2ccccc2S1)c1ccccc1. The molecule has 0 nitrogen and oxygen atoms in total. The summed E-state index contributed by atoms with van der Waals surface area (Å²) >= 11 is 5.87. The van der Waals surface area contributed by atoms with Gasteiger partial charge in [0.1, 0.15) is 0 Å². The van der Waals surface area contributed by atoms with E-state index in [9.17, 15) is 0 Å². The van der Waals surface area contributed by atoms with Gasteiger partial charge in [0, 0.05) is 20.9 Å². The molecular weight excluding hydrogens is 340 g/mol. The highest BCUT2D eigenvalue weighted by atomic mass is 79.9. The van der Waals surface area contributed by atoms with Crippen molar-refractivity contribution in [2.24, 2.45) is 0 Å². The minimum absolute atomic E-state index is 0.251. The summed E-state index contributed by atoms with van der Waals surface area (Å²) in [4.78, 5) is 1.48. The Morgan fingerprint density at radius 1 is 1.10 bits per heavy atom. The third kappa shape index (κ3) is 3.07. The topological polar surface area (TPSA) is 0 Å². The van der Waals surface area contributed by atoms with Crippen LogP contribution in [0.1, 0.15) is 30.9 Å². The minimum atomic E-state index is 0.251. The van der Waals surface area contributed by atoms with E-state index in [4.69, 9.17) is 0 Å². The molecule has 110 valence electrons. The van der Waals surface area contributed by atoms with Crippen LogP contribution in [0.15, 0.2) is 59.5 Å². The van der Waals surface area contributed by atoms with Gasteiger partial charge in [0.2, 0.25) is 0 Å². The average Bonchev–Trinajstić information content (AvgIpc) is 2.96. The third-order valence-corrected chi connectivity index (χ3v) is 7.04. The third-order valence-electron chi connectivity index (χ3n) is 4.65. The van der Waals surface area contributed by atoms with Gasteiger partial charge in [-0.2, -0.15) is 0 Å². The van der Waals surface area contributed by atoms with Gasteiger partial charge in [-0.1, -0.05) is 71.4 Å². The number of rotatable bonds is 5. The first kappa shape index (κ1) is 15.2. The summed E-state index contributed by atoms with van der Waals surface area (Å²) in [5.74, 6) is 0. The Labute approximate surface area is 140 Å². The number of hydrogen-bond donors (Lipinski definition) is 0. The highest BCUT2D eigenvalue weighted by Gasteiger charge is 2.34. The number of fused-ring (bicyclic) bond motifs is 1. The summed E-state index contributed by atoms with van der Waals surface area (Å²) in [6.45, 7) is 2.32. The first-order valence-electron chi connectivity index (χ1n) is 7.63. The molecule has 2 aromatic rings. The van der Waals surface area contributed by atoms with Crippen LogP contribution >= 0.6 is 27.7 Å². The van der Waals surface area contributed by atoms with Gasteiger partial charge in [-0.3, -0.25) is 0 Å². The number of thioether (sulfide) groups is 1. The highest BCUT2D eigenvalue weighted by molar-refractivity contribution is 9.09. The Kier molecular flexibility index (Phi) is 4.75. The van der Waals surface area contributed by atoms with E-state index in [-0.39, 0.29) is 5.41 Å². The van der Waals surface area contributed by atoms with Gasteiger partial charge in [-0.05, 0) is 36.5 Å². The van der Waals surface area contributed by atoms with Gasteiger partial charge >= 0.3 is 0 Å². The first-order chi connectivity index (χ1) is 10.3. The normalized spacial score (nSPS) is 20.0. The monoisotopic (exact) mass is 360 g/mol. The van der Waals surface area contributed by atoms with Crippen molar-refractivity contribution in [2.75, 3.05) is 5.33 Å². The van der Waals surface area contributed by atoms with Crippen molar-refractivity contribution in [3.05, 3.63) is 65.7 Å². The molecule has 0 fully saturated rings. The molecule has 2 unspecified atom stereocenters. The maximum absolute atomic E-state index is 3.80. The van der Waals surface area contributed by atoms with Crippen molar-refractivity contribution >= 4 is 27.7 Å². The fourth-order valence-electron chi connectivity index (χ4n) is 3.29. The van der Waals surface area contributed by atoms with Gasteiger partial charge < -0.3 is 0 Å². The van der Waals surface area contributed by atoms with Crippen molar-refractivity contribution in [3.63, 3.8) is 0 Å². The number of hydrogen-bond acceptors (Lipinski definition) is 1. The molecule has 0 radical (unpaired) electrons. The van der Waals surface area contributed by atoms with E-state index in [1.807, 2.05) is 0 Å². The molecule has 1 aliphatic rings. The van der Waals surface area contributed by atoms with E-state index < -0.39 is 0 Å². The summed E-state index contributed by atoms with van der Waals surface area (Å²) in [7, 11) is 0. The summed E-state index contributed by atoms with van der Waals surface area (Å²) in [5, 5.41) is 1.73. The van der Waals surface area contributed by atoms with Crippen LogP contribution < -0.4 is 0 Å². The zero-order chi connectivity index (χ0) is 14.7. The number of alkyl halides is 1. The van der Waals surface area contributed by atoms with E-state index in [1.165, 1.54) is 35.3 Å². The molecule has 2 atom stereocenters. The van der Waals surface area contributed by atoms with Crippen LogP contribution in [0.5, 0.6) is 0 Å². The second-order valence-electron chi connectivity index (χ2n) is 5.89. The quantitative estimate of drug-likeness (QED) is 0.603. The Morgan fingerprint density at radius 3 is 2.48 bits per heavy atom. The van der Waals surface area contributed by atoms with Crippen molar-refractivity contribution < 1.29 is 0 Å². The molecule has 0 saturated heterocycles. The number of halogens is 1. The lowest BCUT2D eigenvalue weighted by atomic mass is 9.75. The van der Waals surface area contributed by atoms with Gasteiger partial charge in [0.15, 0.2) is 0 Å². The van der Waals surface area contributed by atoms with Gasteiger partial charge in [0.05, 0.1) is 0 Å². The molecule has 0 N–H and O–H groups in total. The predicted octanol–water partition coefficient (Wildman–Crippen LogP) is 5.84. The molecule has 21 heavy (non-hydrogen) atoms. The van der Waals surface area contributed by atoms with Crippen molar-refractivity contribution in [3.8, 4) is 0 Å². The smallest absolute Gasteiger partial charge is 0.0144 e. The summed E-state index contributed by atoms with van der Waals surface area (Å²) < 4.78 is 0. The first-order valence-corrected chi connectivity index (χ1v) is 9.63. The molecule has 0 amide bonds. The maximum atomic E-state index is 3.80. The summed E-state index contributed by atoms with van der Waals surface area (Å²) in [5.41, 5.74) is 3.25. The van der Waals surface area contributed by atoms with Crippen LogP contribution in [-0.4, -0.2) is 10.6 Å². The van der Waals surface area contributed by atoms with Crippen LogP contribution in [0.2, 0.25) is 0 Å². The Hall–Kier alpha value is -0.730. The van der Waals surface area contributed by atoms with E-state index in [0.29, 0.717) is 5.25 Å². The fourth-order valence-corrected chi connectivity index (χ4v) is 5.72. The molecule has 3 rings (SSSR count). The predicted molar refractivity (Wildman–Crippen MR) is 96.6 cm³/mol.